The first kappa shape index (κ1) is 20.0. The largest absolute Gasteiger partial charge is 0.444 e. The Morgan fingerprint density at radius 1 is 1.04 bits per heavy atom. The van der Waals surface area contributed by atoms with Crippen molar-refractivity contribution in [2.75, 3.05) is 0 Å². The molecule has 0 spiro atoms. The highest BCUT2D eigenvalue weighted by molar-refractivity contribution is 5.68. The molecule has 1 amide bonds. The molecule has 0 aromatic heterocycles. The van der Waals surface area contributed by atoms with Gasteiger partial charge in [0.05, 0.1) is 12.1 Å². The molecule has 2 N–H and O–H groups in total. The number of aryl methyl sites for hydroxylation is 1. The fraction of sp³-hybridized carbons (Fsp3) is 0.409. The zero-order valence-corrected chi connectivity index (χ0v) is 15.8. The van der Waals surface area contributed by atoms with Crippen LogP contribution in [0.3, 0.4) is 0 Å². The molecule has 4 nitrogen and oxygen atoms in total. The average Bonchev–Trinajstić information content (AvgIpc) is 2.59. The summed E-state index contributed by atoms with van der Waals surface area (Å²) in [6.45, 7) is 5.50. The van der Waals surface area contributed by atoms with Crippen LogP contribution in [0.2, 0.25) is 0 Å². The van der Waals surface area contributed by atoms with Gasteiger partial charge < -0.3 is 15.2 Å². The summed E-state index contributed by atoms with van der Waals surface area (Å²) >= 11 is 0. The standard InChI is InChI=1S/C22H29NO3/c1-22(2,3)26-21(25)23-20(18-12-8-5-9-13-18)16-19(24)15-14-17-10-6-4-7-11-17/h4-13,19-20,24H,14-16H2,1-3H3,(H,23,25). The van der Waals surface area contributed by atoms with Crippen molar-refractivity contribution in [1.29, 1.82) is 0 Å². The molecule has 2 aromatic rings. The van der Waals surface area contributed by atoms with E-state index >= 15 is 0 Å². The van der Waals surface area contributed by atoms with Crippen LogP contribution in [0, 0.1) is 0 Å². The summed E-state index contributed by atoms with van der Waals surface area (Å²) in [5, 5.41) is 13.4. The number of nitrogens with one attached hydrogen (secondary N) is 1. The molecule has 2 unspecified atom stereocenters. The molecule has 2 rings (SSSR count). The van der Waals surface area contributed by atoms with E-state index in [1.54, 1.807) is 0 Å². The maximum Gasteiger partial charge on any atom is 0.408 e. The molecule has 2 aromatic carbocycles. The van der Waals surface area contributed by atoms with Crippen molar-refractivity contribution in [3.05, 3.63) is 71.8 Å². The van der Waals surface area contributed by atoms with Gasteiger partial charge in [-0.15, -0.1) is 0 Å². The quantitative estimate of drug-likeness (QED) is 0.761. The number of alkyl carbamates (subject to hydrolysis) is 1. The normalized spacial score (nSPS) is 13.7. The SMILES string of the molecule is CC(C)(C)OC(=O)NC(CC(O)CCc1ccccc1)c1ccccc1. The predicted octanol–water partition coefficient (Wildman–Crippen LogP) is 4.64. The minimum absolute atomic E-state index is 0.295. The number of amides is 1. The number of rotatable bonds is 7. The van der Waals surface area contributed by atoms with E-state index in [2.05, 4.69) is 17.4 Å². The Hall–Kier alpha value is -2.33. The van der Waals surface area contributed by atoms with Gasteiger partial charge in [0.2, 0.25) is 0 Å². The van der Waals surface area contributed by atoms with Crippen LogP contribution in [0.5, 0.6) is 0 Å². The molecular formula is C22H29NO3. The molecule has 2 atom stereocenters. The number of aliphatic hydroxyl groups excluding tert-OH is 1. The van der Waals surface area contributed by atoms with Gasteiger partial charge in [-0.2, -0.15) is 0 Å². The Kier molecular flexibility index (Phi) is 7.22. The van der Waals surface area contributed by atoms with Crippen molar-refractivity contribution in [2.45, 2.75) is 57.8 Å². The summed E-state index contributed by atoms with van der Waals surface area (Å²) in [7, 11) is 0. The number of hydrogen-bond donors (Lipinski definition) is 2. The number of carbonyl (C=O) groups excluding carboxylic acids is 1. The third kappa shape index (κ3) is 7.28. The molecule has 0 radical (unpaired) electrons. The molecule has 0 saturated heterocycles. The molecule has 0 saturated carbocycles. The van der Waals surface area contributed by atoms with Gasteiger partial charge in [-0.3, -0.25) is 0 Å². The minimum Gasteiger partial charge on any atom is -0.444 e. The molecule has 0 heterocycles. The summed E-state index contributed by atoms with van der Waals surface area (Å²) in [6, 6.07) is 19.5. The van der Waals surface area contributed by atoms with E-state index in [9.17, 15) is 9.90 Å². The van der Waals surface area contributed by atoms with Crippen molar-refractivity contribution in [1.82, 2.24) is 5.32 Å². The van der Waals surface area contributed by atoms with Crippen LogP contribution in [-0.4, -0.2) is 22.9 Å². The molecule has 0 aliphatic rings. The molecular weight excluding hydrogens is 326 g/mol. The van der Waals surface area contributed by atoms with Crippen molar-refractivity contribution in [2.24, 2.45) is 0 Å². The summed E-state index contributed by atoms with van der Waals surface area (Å²) in [5.41, 5.74) is 1.59. The second kappa shape index (κ2) is 9.39. The van der Waals surface area contributed by atoms with Crippen molar-refractivity contribution < 1.29 is 14.6 Å². The topological polar surface area (TPSA) is 58.6 Å². The van der Waals surface area contributed by atoms with Gasteiger partial charge in [0.15, 0.2) is 0 Å². The monoisotopic (exact) mass is 355 g/mol. The molecule has 0 bridgehead atoms. The first-order valence-corrected chi connectivity index (χ1v) is 9.10. The van der Waals surface area contributed by atoms with E-state index in [-0.39, 0.29) is 6.04 Å². The highest BCUT2D eigenvalue weighted by atomic mass is 16.6. The Morgan fingerprint density at radius 2 is 1.62 bits per heavy atom. The van der Waals surface area contributed by atoms with Crippen LogP contribution in [0.25, 0.3) is 0 Å². The van der Waals surface area contributed by atoms with Crippen molar-refractivity contribution >= 4 is 6.09 Å². The zero-order valence-electron chi connectivity index (χ0n) is 15.8. The molecule has 26 heavy (non-hydrogen) atoms. The Morgan fingerprint density at radius 3 is 2.19 bits per heavy atom. The van der Waals surface area contributed by atoms with Crippen LogP contribution in [-0.2, 0) is 11.2 Å². The van der Waals surface area contributed by atoms with Crippen LogP contribution < -0.4 is 5.32 Å². The van der Waals surface area contributed by atoms with E-state index in [0.29, 0.717) is 12.8 Å². The third-order valence-corrected chi connectivity index (χ3v) is 4.01. The second-order valence-electron chi connectivity index (χ2n) is 7.52. The lowest BCUT2D eigenvalue weighted by Gasteiger charge is -2.25. The zero-order chi connectivity index (χ0) is 19.0. The summed E-state index contributed by atoms with van der Waals surface area (Å²) in [4.78, 5) is 12.2. The molecule has 0 aliphatic heterocycles. The van der Waals surface area contributed by atoms with E-state index < -0.39 is 17.8 Å². The third-order valence-electron chi connectivity index (χ3n) is 4.01. The van der Waals surface area contributed by atoms with Gasteiger partial charge in [-0.1, -0.05) is 60.7 Å². The highest BCUT2D eigenvalue weighted by Gasteiger charge is 2.22. The van der Waals surface area contributed by atoms with E-state index in [4.69, 9.17) is 4.74 Å². The lowest BCUT2D eigenvalue weighted by molar-refractivity contribution is 0.0480. The lowest BCUT2D eigenvalue weighted by Crippen LogP contribution is -2.36. The number of hydrogen-bond acceptors (Lipinski definition) is 3. The molecule has 140 valence electrons. The van der Waals surface area contributed by atoms with Crippen molar-refractivity contribution in [3.8, 4) is 0 Å². The minimum atomic E-state index is -0.558. The molecule has 0 fully saturated rings. The van der Waals surface area contributed by atoms with E-state index in [1.165, 1.54) is 5.56 Å². The van der Waals surface area contributed by atoms with Gasteiger partial charge >= 0.3 is 6.09 Å². The highest BCUT2D eigenvalue weighted by Crippen LogP contribution is 2.21. The summed E-state index contributed by atoms with van der Waals surface area (Å²) < 4.78 is 5.37. The maximum atomic E-state index is 12.2. The van der Waals surface area contributed by atoms with Crippen molar-refractivity contribution in [3.63, 3.8) is 0 Å². The van der Waals surface area contributed by atoms with E-state index in [0.717, 1.165) is 12.0 Å². The first-order valence-electron chi connectivity index (χ1n) is 9.10. The van der Waals surface area contributed by atoms with Gasteiger partial charge in [0, 0.05) is 0 Å². The lowest BCUT2D eigenvalue weighted by atomic mass is 9.97. The average molecular weight is 355 g/mol. The number of aliphatic hydroxyl groups is 1. The summed E-state index contributed by atoms with van der Waals surface area (Å²) in [5.74, 6) is 0. The van der Waals surface area contributed by atoms with Gasteiger partial charge in [0.25, 0.3) is 0 Å². The number of benzene rings is 2. The fourth-order valence-electron chi connectivity index (χ4n) is 2.78. The number of ether oxygens (including phenoxy) is 1. The van der Waals surface area contributed by atoms with Crippen LogP contribution >= 0.6 is 0 Å². The van der Waals surface area contributed by atoms with E-state index in [1.807, 2.05) is 69.3 Å². The Labute approximate surface area is 156 Å². The molecule has 0 aliphatic carbocycles. The second-order valence-corrected chi connectivity index (χ2v) is 7.52. The van der Waals surface area contributed by atoms with Crippen LogP contribution in [0.4, 0.5) is 4.79 Å². The molecule has 4 heteroatoms. The van der Waals surface area contributed by atoms with Gasteiger partial charge in [-0.05, 0) is 51.2 Å². The fourth-order valence-corrected chi connectivity index (χ4v) is 2.78. The Balaban J connectivity index is 1.98. The first-order chi connectivity index (χ1) is 12.3. The van der Waals surface area contributed by atoms with Crippen LogP contribution in [0.15, 0.2) is 60.7 Å². The number of carbonyl (C=O) groups is 1. The van der Waals surface area contributed by atoms with Gasteiger partial charge in [-0.25, -0.2) is 4.79 Å². The van der Waals surface area contributed by atoms with Crippen LogP contribution in [0.1, 0.15) is 50.8 Å². The summed E-state index contributed by atoms with van der Waals surface area (Å²) in [6.07, 6.45) is 0.895. The maximum absolute atomic E-state index is 12.2. The Bertz CT molecular complexity index is 665. The van der Waals surface area contributed by atoms with Gasteiger partial charge in [0.1, 0.15) is 5.60 Å². The smallest absolute Gasteiger partial charge is 0.408 e. The predicted molar refractivity (Wildman–Crippen MR) is 104 cm³/mol.